The highest BCUT2D eigenvalue weighted by molar-refractivity contribution is 6.36. The van der Waals surface area contributed by atoms with Crippen LogP contribution in [-0.4, -0.2) is 16.8 Å². The fourth-order valence-electron chi connectivity index (χ4n) is 1.79. The molecule has 0 aliphatic rings. The van der Waals surface area contributed by atoms with E-state index >= 15 is 0 Å². The predicted molar refractivity (Wildman–Crippen MR) is 71.4 cm³/mol. The van der Waals surface area contributed by atoms with Crippen LogP contribution in [0.5, 0.6) is 0 Å². The largest absolute Gasteiger partial charge is 0.316 e. The summed E-state index contributed by atoms with van der Waals surface area (Å²) in [4.78, 5) is 0. The Hall–Kier alpha value is -1.10. The molecule has 0 radical (unpaired) electrons. The summed E-state index contributed by atoms with van der Waals surface area (Å²) in [6.07, 6.45) is 1.87. The van der Waals surface area contributed by atoms with Crippen LogP contribution in [0.3, 0.4) is 0 Å². The Morgan fingerprint density at radius 2 is 2.06 bits per heavy atom. The van der Waals surface area contributed by atoms with E-state index in [0.29, 0.717) is 22.8 Å². The van der Waals surface area contributed by atoms with Gasteiger partial charge >= 0.3 is 0 Å². The lowest BCUT2D eigenvalue weighted by atomic mass is 10.1. The molecule has 0 aliphatic heterocycles. The zero-order valence-electron chi connectivity index (χ0n) is 9.97. The number of benzene rings is 1. The average molecular weight is 288 g/mol. The van der Waals surface area contributed by atoms with Crippen LogP contribution < -0.4 is 5.32 Å². The summed E-state index contributed by atoms with van der Waals surface area (Å²) in [5.41, 5.74) is 2.15. The number of hydrogen-bond donors (Lipinski definition) is 1. The third kappa shape index (κ3) is 2.51. The highest BCUT2D eigenvalue weighted by atomic mass is 35.5. The molecule has 0 aliphatic carbocycles. The summed E-state index contributed by atoms with van der Waals surface area (Å²) in [5.74, 6) is -0.503. The minimum atomic E-state index is -0.503. The monoisotopic (exact) mass is 287 g/mol. The lowest BCUT2D eigenvalue weighted by Crippen LogP contribution is -2.05. The van der Waals surface area contributed by atoms with Crippen molar-refractivity contribution < 1.29 is 4.39 Å². The van der Waals surface area contributed by atoms with E-state index in [2.05, 4.69) is 10.4 Å². The molecule has 1 aromatic heterocycles. The first kappa shape index (κ1) is 13.3. The minimum Gasteiger partial charge on any atom is -0.316 e. The molecule has 6 heteroatoms. The van der Waals surface area contributed by atoms with Gasteiger partial charge in [-0.15, -0.1) is 0 Å². The summed E-state index contributed by atoms with van der Waals surface area (Å²) >= 11 is 11.8. The van der Waals surface area contributed by atoms with Crippen molar-refractivity contribution in [3.63, 3.8) is 0 Å². The molecule has 1 N–H and O–H groups in total. The van der Waals surface area contributed by atoms with E-state index in [1.54, 1.807) is 4.68 Å². The van der Waals surface area contributed by atoms with Gasteiger partial charge in [-0.2, -0.15) is 5.10 Å². The third-order valence-electron chi connectivity index (χ3n) is 2.54. The summed E-state index contributed by atoms with van der Waals surface area (Å²) < 4.78 is 15.2. The smallest absolute Gasteiger partial charge is 0.142 e. The molecule has 0 atom stereocenters. The SMILES string of the molecule is CNCc1cn(C)nc1-c1cc(F)c(Cl)cc1Cl. The molecule has 0 spiro atoms. The van der Waals surface area contributed by atoms with Crippen LogP contribution in [0.15, 0.2) is 18.3 Å². The third-order valence-corrected chi connectivity index (χ3v) is 3.14. The quantitative estimate of drug-likeness (QED) is 0.879. The van der Waals surface area contributed by atoms with Gasteiger partial charge in [-0.05, 0) is 19.2 Å². The van der Waals surface area contributed by atoms with Crippen LogP contribution in [0.25, 0.3) is 11.3 Å². The molecule has 2 rings (SSSR count). The zero-order valence-corrected chi connectivity index (χ0v) is 11.5. The second-order valence-electron chi connectivity index (χ2n) is 3.95. The number of aryl methyl sites for hydroxylation is 1. The maximum Gasteiger partial charge on any atom is 0.142 e. The molecule has 0 fully saturated rings. The number of hydrogen-bond acceptors (Lipinski definition) is 2. The molecule has 18 heavy (non-hydrogen) atoms. The van der Waals surface area contributed by atoms with Crippen molar-refractivity contribution in [3.8, 4) is 11.3 Å². The highest BCUT2D eigenvalue weighted by Crippen LogP contribution is 2.33. The van der Waals surface area contributed by atoms with Crippen LogP contribution in [-0.2, 0) is 13.6 Å². The molecule has 0 bridgehead atoms. The van der Waals surface area contributed by atoms with Crippen molar-refractivity contribution in [2.75, 3.05) is 7.05 Å². The van der Waals surface area contributed by atoms with Crippen molar-refractivity contribution in [1.29, 1.82) is 0 Å². The topological polar surface area (TPSA) is 29.9 Å². The molecule has 1 aromatic carbocycles. The summed E-state index contributed by atoms with van der Waals surface area (Å²) in [7, 11) is 3.64. The molecule has 0 saturated heterocycles. The lowest BCUT2D eigenvalue weighted by Gasteiger charge is -2.05. The zero-order chi connectivity index (χ0) is 13.3. The Morgan fingerprint density at radius 3 is 2.72 bits per heavy atom. The van der Waals surface area contributed by atoms with Crippen LogP contribution >= 0.6 is 23.2 Å². The number of halogens is 3. The Labute approximate surface area is 115 Å². The second kappa shape index (κ2) is 5.26. The molecule has 0 amide bonds. The number of nitrogens with one attached hydrogen (secondary N) is 1. The molecule has 3 nitrogen and oxygen atoms in total. The first-order valence-corrected chi connectivity index (χ1v) is 6.10. The molecular weight excluding hydrogens is 276 g/mol. The van der Waals surface area contributed by atoms with Gasteiger partial charge in [0.15, 0.2) is 0 Å². The molecular formula is C12H12Cl2FN3. The Bertz CT molecular complexity index is 581. The Kier molecular flexibility index (Phi) is 3.90. The van der Waals surface area contributed by atoms with Crippen molar-refractivity contribution in [2.24, 2.45) is 7.05 Å². The Morgan fingerprint density at radius 1 is 1.33 bits per heavy atom. The van der Waals surface area contributed by atoms with Crippen molar-refractivity contribution >= 4 is 23.2 Å². The van der Waals surface area contributed by atoms with E-state index in [0.717, 1.165) is 5.56 Å². The fraction of sp³-hybridized carbons (Fsp3) is 0.250. The normalized spacial score (nSPS) is 10.9. The molecule has 0 saturated carbocycles. The van der Waals surface area contributed by atoms with E-state index in [-0.39, 0.29) is 5.02 Å². The van der Waals surface area contributed by atoms with Crippen LogP contribution in [0.2, 0.25) is 10.0 Å². The lowest BCUT2D eigenvalue weighted by molar-refractivity contribution is 0.628. The van der Waals surface area contributed by atoms with E-state index < -0.39 is 5.82 Å². The highest BCUT2D eigenvalue weighted by Gasteiger charge is 2.15. The van der Waals surface area contributed by atoms with Crippen LogP contribution in [0.1, 0.15) is 5.56 Å². The second-order valence-corrected chi connectivity index (χ2v) is 4.77. The van der Waals surface area contributed by atoms with Gasteiger partial charge < -0.3 is 5.32 Å². The molecule has 2 aromatic rings. The average Bonchev–Trinajstić information content (AvgIpc) is 2.65. The van der Waals surface area contributed by atoms with Gasteiger partial charge in [0, 0.05) is 30.9 Å². The maximum absolute atomic E-state index is 13.5. The first-order valence-electron chi connectivity index (χ1n) is 5.35. The predicted octanol–water partition coefficient (Wildman–Crippen LogP) is 3.25. The summed E-state index contributed by atoms with van der Waals surface area (Å²) in [6.45, 7) is 0.629. The molecule has 1 heterocycles. The van der Waals surface area contributed by atoms with Crippen LogP contribution in [0.4, 0.5) is 4.39 Å². The van der Waals surface area contributed by atoms with Gasteiger partial charge in [0.05, 0.1) is 15.7 Å². The van der Waals surface area contributed by atoms with Gasteiger partial charge in [0.2, 0.25) is 0 Å². The van der Waals surface area contributed by atoms with Crippen molar-refractivity contribution in [1.82, 2.24) is 15.1 Å². The van der Waals surface area contributed by atoms with E-state index in [1.807, 2.05) is 20.3 Å². The standard InChI is InChI=1S/C12H12Cl2FN3/c1-16-5-7-6-18(2)17-12(7)8-3-11(15)10(14)4-9(8)13/h3-4,6,16H,5H2,1-2H3. The summed E-state index contributed by atoms with van der Waals surface area (Å²) in [5, 5.41) is 7.75. The van der Waals surface area contributed by atoms with E-state index in [4.69, 9.17) is 23.2 Å². The van der Waals surface area contributed by atoms with Gasteiger partial charge in [-0.3, -0.25) is 4.68 Å². The van der Waals surface area contributed by atoms with Crippen LogP contribution in [0, 0.1) is 5.82 Å². The summed E-state index contributed by atoms with van der Waals surface area (Å²) in [6, 6.07) is 2.71. The minimum absolute atomic E-state index is 0.00912. The van der Waals surface area contributed by atoms with Gasteiger partial charge in [-0.25, -0.2) is 4.39 Å². The van der Waals surface area contributed by atoms with Crippen molar-refractivity contribution in [2.45, 2.75) is 6.54 Å². The number of aromatic nitrogens is 2. The van der Waals surface area contributed by atoms with Gasteiger partial charge in [-0.1, -0.05) is 23.2 Å². The van der Waals surface area contributed by atoms with E-state index in [9.17, 15) is 4.39 Å². The number of rotatable bonds is 3. The molecule has 0 unspecified atom stereocenters. The Balaban J connectivity index is 2.57. The number of nitrogens with zero attached hydrogens (tertiary/aromatic N) is 2. The van der Waals surface area contributed by atoms with Gasteiger partial charge in [0.25, 0.3) is 0 Å². The first-order chi connectivity index (χ1) is 8.52. The van der Waals surface area contributed by atoms with Crippen molar-refractivity contribution in [3.05, 3.63) is 39.8 Å². The maximum atomic E-state index is 13.5. The fourth-order valence-corrected chi connectivity index (χ4v) is 2.26. The molecule has 96 valence electrons. The van der Waals surface area contributed by atoms with E-state index in [1.165, 1.54) is 12.1 Å². The van der Waals surface area contributed by atoms with Gasteiger partial charge in [0.1, 0.15) is 5.82 Å².